The number of carbonyl (C=O) groups is 1. The van der Waals surface area contributed by atoms with Crippen molar-refractivity contribution in [2.45, 2.75) is 17.4 Å². The van der Waals surface area contributed by atoms with Gasteiger partial charge in [0.1, 0.15) is 10.8 Å². The van der Waals surface area contributed by atoms with Gasteiger partial charge in [0.15, 0.2) is 0 Å². The Bertz CT molecular complexity index is 1560. The molecule has 1 fully saturated rings. The Kier molecular flexibility index (Phi) is 7.52. The van der Waals surface area contributed by atoms with Crippen LogP contribution >= 0.6 is 11.3 Å². The molecule has 3 aromatic carbocycles. The maximum atomic E-state index is 13.6. The fourth-order valence-corrected chi connectivity index (χ4v) is 6.76. The molecule has 1 aromatic heterocycles. The molecule has 0 spiro atoms. The fraction of sp³-hybridized carbons (Fsp3) is 0.222. The molecule has 2 heterocycles. The van der Waals surface area contributed by atoms with Gasteiger partial charge in [-0.3, -0.25) is 10.2 Å². The zero-order valence-electron chi connectivity index (χ0n) is 20.6. The third-order valence-electron chi connectivity index (χ3n) is 6.38. The number of nitrogens with two attached hydrogens (primary N) is 1. The molecule has 0 aliphatic carbocycles. The zero-order valence-corrected chi connectivity index (χ0v) is 22.2. The van der Waals surface area contributed by atoms with Gasteiger partial charge >= 0.3 is 0 Å². The summed E-state index contributed by atoms with van der Waals surface area (Å²) in [5, 5.41) is 11.6. The van der Waals surface area contributed by atoms with Crippen molar-refractivity contribution in [3.8, 4) is 0 Å². The molecule has 11 heteroatoms. The number of fused-ring (bicyclic) bond motifs is 1. The van der Waals surface area contributed by atoms with Crippen molar-refractivity contribution in [2.75, 3.05) is 26.2 Å². The Morgan fingerprint density at radius 1 is 1.05 bits per heavy atom. The first kappa shape index (κ1) is 26.0. The van der Waals surface area contributed by atoms with Crippen molar-refractivity contribution in [2.24, 2.45) is 5.73 Å². The van der Waals surface area contributed by atoms with E-state index in [-0.39, 0.29) is 16.6 Å². The second-order valence-electron chi connectivity index (χ2n) is 9.08. The zero-order chi connectivity index (χ0) is 26.7. The molecule has 1 aliphatic heterocycles. The van der Waals surface area contributed by atoms with E-state index in [0.29, 0.717) is 48.7 Å². The average Bonchev–Trinajstić information content (AvgIpc) is 3.37. The molecule has 0 bridgehead atoms. The van der Waals surface area contributed by atoms with Gasteiger partial charge in [-0.05, 0) is 48.4 Å². The summed E-state index contributed by atoms with van der Waals surface area (Å²) in [5.74, 6) is -0.248. The van der Waals surface area contributed by atoms with E-state index in [1.807, 2.05) is 30.3 Å². The van der Waals surface area contributed by atoms with Gasteiger partial charge in [0.25, 0.3) is 5.91 Å². The summed E-state index contributed by atoms with van der Waals surface area (Å²) in [6.07, 6.45) is 0.305. The predicted molar refractivity (Wildman–Crippen MR) is 149 cm³/mol. The third-order valence-corrected chi connectivity index (χ3v) is 9.00. The summed E-state index contributed by atoms with van der Waals surface area (Å²) >= 11 is 1.43. The Labute approximate surface area is 225 Å². The number of amides is 1. The fourth-order valence-electron chi connectivity index (χ4n) is 4.42. The molecule has 9 nitrogen and oxygen atoms in total. The van der Waals surface area contributed by atoms with Gasteiger partial charge in [-0.25, -0.2) is 18.1 Å². The van der Waals surface area contributed by atoms with Gasteiger partial charge in [0.2, 0.25) is 10.0 Å². The quantitative estimate of drug-likeness (QED) is 0.197. The predicted octanol–water partition coefficient (Wildman–Crippen LogP) is 2.89. The first-order valence-corrected chi connectivity index (χ1v) is 14.5. The molecule has 1 aliphatic rings. The van der Waals surface area contributed by atoms with Crippen LogP contribution in [0.25, 0.3) is 10.2 Å². The van der Waals surface area contributed by atoms with Crippen molar-refractivity contribution in [3.63, 3.8) is 0 Å². The van der Waals surface area contributed by atoms with Crippen LogP contribution < -0.4 is 15.8 Å². The summed E-state index contributed by atoms with van der Waals surface area (Å²) in [5.41, 5.74) is 8.17. The van der Waals surface area contributed by atoms with Crippen molar-refractivity contribution in [1.29, 1.82) is 5.41 Å². The highest BCUT2D eigenvalue weighted by Gasteiger charge is 2.26. The van der Waals surface area contributed by atoms with Crippen molar-refractivity contribution in [3.05, 3.63) is 94.5 Å². The lowest BCUT2D eigenvalue weighted by Crippen LogP contribution is -2.46. The maximum absolute atomic E-state index is 13.6. The Hall–Kier alpha value is -3.64. The standard InChI is InChI=1S/C27H28N6O3S2/c28-25(29)19-6-3-5-18(15-19)16-23(26-31-22-9-1-2-10-24(22)37-26)32-38(35,36)21-8-4-7-20(17-21)27(34)33-13-11-30-12-14-33/h1-10,15,17,23,30,32H,11-14,16H2,(H3,28,29). The van der Waals surface area contributed by atoms with Crippen molar-refractivity contribution < 1.29 is 13.2 Å². The lowest BCUT2D eigenvalue weighted by Gasteiger charge is -2.27. The first-order valence-electron chi connectivity index (χ1n) is 12.2. The number of hydrogen-bond donors (Lipinski definition) is 4. The molecule has 196 valence electrons. The number of carbonyl (C=O) groups excluding carboxylic acids is 1. The monoisotopic (exact) mass is 548 g/mol. The number of hydrogen-bond acceptors (Lipinski definition) is 7. The number of amidine groups is 1. The molecule has 1 saturated heterocycles. The van der Waals surface area contributed by atoms with E-state index >= 15 is 0 Å². The summed E-state index contributed by atoms with van der Waals surface area (Å²) in [4.78, 5) is 19.4. The Morgan fingerprint density at radius 2 is 1.79 bits per heavy atom. The second-order valence-corrected chi connectivity index (χ2v) is 11.9. The van der Waals surface area contributed by atoms with E-state index in [1.165, 1.54) is 23.5 Å². The lowest BCUT2D eigenvalue weighted by atomic mass is 10.0. The van der Waals surface area contributed by atoms with E-state index in [1.54, 1.807) is 35.2 Å². The number of nitrogens with one attached hydrogen (secondary N) is 3. The minimum absolute atomic E-state index is 0.0158. The number of sulfonamides is 1. The summed E-state index contributed by atoms with van der Waals surface area (Å²) in [6, 6.07) is 20.3. The van der Waals surface area contributed by atoms with E-state index in [4.69, 9.17) is 16.1 Å². The van der Waals surface area contributed by atoms with Gasteiger partial charge in [-0.2, -0.15) is 0 Å². The second kappa shape index (κ2) is 11.0. The molecular formula is C27H28N6O3S2. The van der Waals surface area contributed by atoms with Crippen LogP contribution in [0.5, 0.6) is 0 Å². The van der Waals surface area contributed by atoms with Crippen molar-refractivity contribution >= 4 is 43.3 Å². The molecule has 0 radical (unpaired) electrons. The summed E-state index contributed by atoms with van der Waals surface area (Å²) < 4.78 is 31.0. The summed E-state index contributed by atoms with van der Waals surface area (Å²) in [7, 11) is -4.01. The van der Waals surface area contributed by atoms with Gasteiger partial charge in [-0.1, -0.05) is 36.4 Å². The smallest absolute Gasteiger partial charge is 0.253 e. The number of piperazine rings is 1. The number of thiazole rings is 1. The highest BCUT2D eigenvalue weighted by Crippen LogP contribution is 2.30. The molecule has 1 unspecified atom stereocenters. The molecule has 0 saturated carbocycles. The number of benzene rings is 3. The van der Waals surface area contributed by atoms with Gasteiger partial charge in [-0.15, -0.1) is 11.3 Å². The van der Waals surface area contributed by atoms with Crippen LogP contribution in [-0.2, 0) is 16.4 Å². The molecule has 5 rings (SSSR count). The third kappa shape index (κ3) is 5.76. The van der Waals surface area contributed by atoms with E-state index < -0.39 is 16.1 Å². The van der Waals surface area contributed by atoms with Gasteiger partial charge in [0.05, 0.1) is 21.2 Å². The Morgan fingerprint density at radius 3 is 2.55 bits per heavy atom. The van der Waals surface area contributed by atoms with Gasteiger partial charge < -0.3 is 16.0 Å². The average molecular weight is 549 g/mol. The SMILES string of the molecule is N=C(N)c1cccc(CC(NS(=O)(=O)c2cccc(C(=O)N3CCNCC3)c2)c2nc3ccccc3s2)c1. The maximum Gasteiger partial charge on any atom is 0.253 e. The van der Waals surface area contributed by atoms with Crippen LogP contribution in [0, 0.1) is 5.41 Å². The highest BCUT2D eigenvalue weighted by atomic mass is 32.2. The van der Waals surface area contributed by atoms with E-state index in [0.717, 1.165) is 15.8 Å². The van der Waals surface area contributed by atoms with Crippen LogP contribution in [0.15, 0.2) is 77.7 Å². The number of rotatable bonds is 8. The Balaban J connectivity index is 1.47. The minimum atomic E-state index is -4.01. The van der Waals surface area contributed by atoms with Gasteiger partial charge in [0, 0.05) is 37.3 Å². The molecule has 1 atom stereocenters. The summed E-state index contributed by atoms with van der Waals surface area (Å²) in [6.45, 7) is 2.57. The van der Waals surface area contributed by atoms with Crippen LogP contribution in [-0.4, -0.2) is 56.2 Å². The first-order chi connectivity index (χ1) is 18.3. The van der Waals surface area contributed by atoms with Crippen molar-refractivity contribution in [1.82, 2.24) is 19.9 Å². The lowest BCUT2D eigenvalue weighted by molar-refractivity contribution is 0.0735. The number of para-hydroxylation sites is 1. The van der Waals surface area contributed by atoms with Crippen LogP contribution in [0.1, 0.15) is 32.5 Å². The normalized spacial score (nSPS) is 14.9. The molecule has 1 amide bonds. The number of nitrogens with zero attached hydrogens (tertiary/aromatic N) is 2. The van der Waals surface area contributed by atoms with Crippen LogP contribution in [0.3, 0.4) is 0 Å². The topological polar surface area (TPSA) is 141 Å². The van der Waals surface area contributed by atoms with E-state index in [9.17, 15) is 13.2 Å². The molecule has 38 heavy (non-hydrogen) atoms. The number of nitrogen functional groups attached to an aromatic ring is 1. The van der Waals surface area contributed by atoms with Crippen LogP contribution in [0.2, 0.25) is 0 Å². The highest BCUT2D eigenvalue weighted by molar-refractivity contribution is 7.89. The largest absolute Gasteiger partial charge is 0.384 e. The van der Waals surface area contributed by atoms with Crippen LogP contribution in [0.4, 0.5) is 0 Å². The minimum Gasteiger partial charge on any atom is -0.384 e. The number of aromatic nitrogens is 1. The molecule has 5 N–H and O–H groups in total. The van der Waals surface area contributed by atoms with E-state index in [2.05, 4.69) is 10.0 Å². The molecular weight excluding hydrogens is 520 g/mol. The molecule has 4 aromatic rings.